The standard InChI is InChI=1S/C13H28N2O2/c1-5-7-14-9-12(10-16-4)15(3)13-6-8-17-11(13)2/h11-14H,5-10H2,1-4H3. The van der Waals surface area contributed by atoms with Crippen LogP contribution in [0.2, 0.25) is 0 Å². The van der Waals surface area contributed by atoms with Gasteiger partial charge in [0.2, 0.25) is 0 Å². The number of likely N-dealkylation sites (N-methyl/N-ethyl adjacent to an activating group) is 1. The smallest absolute Gasteiger partial charge is 0.0703 e. The Bertz CT molecular complexity index is 202. The van der Waals surface area contributed by atoms with E-state index in [-0.39, 0.29) is 0 Å². The second-order valence-electron chi connectivity index (χ2n) is 4.91. The first-order valence-electron chi connectivity index (χ1n) is 6.73. The molecule has 1 rings (SSSR count). The van der Waals surface area contributed by atoms with Crippen LogP contribution < -0.4 is 5.32 Å². The molecule has 0 aromatic rings. The number of hydrogen-bond acceptors (Lipinski definition) is 4. The molecule has 1 heterocycles. The molecule has 0 aromatic carbocycles. The van der Waals surface area contributed by atoms with Gasteiger partial charge in [0.05, 0.1) is 12.7 Å². The third-order valence-electron chi connectivity index (χ3n) is 3.60. The minimum atomic E-state index is 0.338. The Kier molecular flexibility index (Phi) is 7.04. The van der Waals surface area contributed by atoms with Gasteiger partial charge in [0.1, 0.15) is 0 Å². The predicted octanol–water partition coefficient (Wildman–Crippen LogP) is 1.11. The molecule has 4 heteroatoms. The number of ether oxygens (including phenoxy) is 2. The maximum Gasteiger partial charge on any atom is 0.0703 e. The highest BCUT2D eigenvalue weighted by Gasteiger charge is 2.31. The van der Waals surface area contributed by atoms with Crippen molar-refractivity contribution in [2.24, 2.45) is 0 Å². The van der Waals surface area contributed by atoms with E-state index >= 15 is 0 Å². The van der Waals surface area contributed by atoms with E-state index in [0.29, 0.717) is 18.2 Å². The second kappa shape index (κ2) is 8.03. The van der Waals surface area contributed by atoms with Gasteiger partial charge < -0.3 is 14.8 Å². The van der Waals surface area contributed by atoms with Gasteiger partial charge in [-0.3, -0.25) is 4.90 Å². The van der Waals surface area contributed by atoms with Crippen LogP contribution in [0, 0.1) is 0 Å². The molecule has 0 radical (unpaired) electrons. The summed E-state index contributed by atoms with van der Waals surface area (Å²) in [7, 11) is 3.96. The van der Waals surface area contributed by atoms with E-state index in [9.17, 15) is 0 Å². The van der Waals surface area contributed by atoms with Crippen LogP contribution >= 0.6 is 0 Å². The molecule has 17 heavy (non-hydrogen) atoms. The van der Waals surface area contributed by atoms with Gasteiger partial charge in [-0.05, 0) is 33.4 Å². The summed E-state index contributed by atoms with van der Waals surface area (Å²) in [6, 6.07) is 0.958. The lowest BCUT2D eigenvalue weighted by molar-refractivity contribution is 0.0405. The second-order valence-corrected chi connectivity index (χ2v) is 4.91. The maximum absolute atomic E-state index is 5.64. The Morgan fingerprint density at radius 1 is 1.53 bits per heavy atom. The van der Waals surface area contributed by atoms with Gasteiger partial charge >= 0.3 is 0 Å². The average Bonchev–Trinajstić information content (AvgIpc) is 2.74. The molecule has 1 saturated heterocycles. The van der Waals surface area contributed by atoms with Crippen LogP contribution in [0.15, 0.2) is 0 Å². The highest BCUT2D eigenvalue weighted by atomic mass is 16.5. The van der Waals surface area contributed by atoms with Crippen molar-refractivity contribution in [3.8, 4) is 0 Å². The van der Waals surface area contributed by atoms with Crippen LogP contribution in [0.25, 0.3) is 0 Å². The molecule has 0 amide bonds. The minimum Gasteiger partial charge on any atom is -0.383 e. The third kappa shape index (κ3) is 4.54. The van der Waals surface area contributed by atoms with Crippen LogP contribution in [0.5, 0.6) is 0 Å². The quantitative estimate of drug-likeness (QED) is 0.649. The lowest BCUT2D eigenvalue weighted by atomic mass is 10.1. The van der Waals surface area contributed by atoms with E-state index in [1.54, 1.807) is 7.11 Å². The Hall–Kier alpha value is -0.160. The number of rotatable bonds is 8. The molecule has 0 bridgehead atoms. The van der Waals surface area contributed by atoms with Crippen molar-refractivity contribution in [1.82, 2.24) is 10.2 Å². The molecule has 0 spiro atoms. The molecule has 102 valence electrons. The van der Waals surface area contributed by atoms with Crippen molar-refractivity contribution >= 4 is 0 Å². The molecule has 4 nitrogen and oxygen atoms in total. The largest absolute Gasteiger partial charge is 0.383 e. The summed E-state index contributed by atoms with van der Waals surface area (Å²) in [5.74, 6) is 0. The van der Waals surface area contributed by atoms with E-state index in [0.717, 1.165) is 32.7 Å². The molecule has 1 fully saturated rings. The summed E-state index contributed by atoms with van der Waals surface area (Å²) in [5, 5.41) is 3.48. The molecular formula is C13H28N2O2. The fraction of sp³-hybridized carbons (Fsp3) is 1.00. The van der Waals surface area contributed by atoms with Crippen molar-refractivity contribution < 1.29 is 9.47 Å². The molecule has 3 unspecified atom stereocenters. The zero-order valence-corrected chi connectivity index (χ0v) is 11.7. The summed E-state index contributed by atoms with van der Waals surface area (Å²) in [5.41, 5.74) is 0. The molecular weight excluding hydrogens is 216 g/mol. The Morgan fingerprint density at radius 3 is 2.82 bits per heavy atom. The van der Waals surface area contributed by atoms with Crippen LogP contribution in [0.4, 0.5) is 0 Å². The monoisotopic (exact) mass is 244 g/mol. The summed E-state index contributed by atoms with van der Waals surface area (Å²) < 4.78 is 11.0. The van der Waals surface area contributed by atoms with Crippen molar-refractivity contribution in [1.29, 1.82) is 0 Å². The summed E-state index contributed by atoms with van der Waals surface area (Å²) in [6.45, 7) is 8.08. The number of hydrogen-bond donors (Lipinski definition) is 1. The number of nitrogens with zero attached hydrogens (tertiary/aromatic N) is 1. The van der Waals surface area contributed by atoms with Gasteiger partial charge in [0.25, 0.3) is 0 Å². The van der Waals surface area contributed by atoms with Gasteiger partial charge in [-0.25, -0.2) is 0 Å². The van der Waals surface area contributed by atoms with Crippen molar-refractivity contribution in [3.05, 3.63) is 0 Å². The zero-order valence-electron chi connectivity index (χ0n) is 11.7. The zero-order chi connectivity index (χ0) is 12.7. The van der Waals surface area contributed by atoms with Gasteiger partial charge in [-0.2, -0.15) is 0 Å². The van der Waals surface area contributed by atoms with Gasteiger partial charge in [-0.1, -0.05) is 6.92 Å². The van der Waals surface area contributed by atoms with Gasteiger partial charge in [0, 0.05) is 32.3 Å². The first kappa shape index (κ1) is 14.9. The maximum atomic E-state index is 5.64. The van der Waals surface area contributed by atoms with E-state index in [4.69, 9.17) is 9.47 Å². The number of methoxy groups -OCH3 is 1. The Morgan fingerprint density at radius 2 is 2.29 bits per heavy atom. The molecule has 1 aliphatic rings. The van der Waals surface area contributed by atoms with Crippen LogP contribution in [0.3, 0.4) is 0 Å². The van der Waals surface area contributed by atoms with E-state index in [2.05, 4.69) is 31.1 Å². The first-order valence-corrected chi connectivity index (χ1v) is 6.73. The number of nitrogens with one attached hydrogen (secondary N) is 1. The van der Waals surface area contributed by atoms with Crippen LogP contribution in [0.1, 0.15) is 26.7 Å². The molecule has 1 N–H and O–H groups in total. The van der Waals surface area contributed by atoms with Crippen LogP contribution in [-0.4, -0.2) is 63.5 Å². The molecule has 0 saturated carbocycles. The van der Waals surface area contributed by atoms with E-state index in [1.165, 1.54) is 6.42 Å². The van der Waals surface area contributed by atoms with Crippen LogP contribution in [-0.2, 0) is 9.47 Å². The van der Waals surface area contributed by atoms with Crippen molar-refractivity contribution in [3.63, 3.8) is 0 Å². The fourth-order valence-corrected chi connectivity index (χ4v) is 2.48. The molecule has 3 atom stereocenters. The Labute approximate surface area is 106 Å². The summed E-state index contributed by atoms with van der Waals surface area (Å²) in [6.07, 6.45) is 2.64. The predicted molar refractivity (Wildman–Crippen MR) is 70.4 cm³/mol. The normalized spacial score (nSPS) is 26.6. The first-order chi connectivity index (χ1) is 8.20. The SMILES string of the molecule is CCCNCC(COC)N(C)C1CCOC1C. The average molecular weight is 244 g/mol. The minimum absolute atomic E-state index is 0.338. The van der Waals surface area contributed by atoms with Crippen molar-refractivity contribution in [2.75, 3.05) is 40.5 Å². The molecule has 0 aromatic heterocycles. The highest BCUT2D eigenvalue weighted by Crippen LogP contribution is 2.20. The summed E-state index contributed by atoms with van der Waals surface area (Å²) in [4.78, 5) is 2.42. The topological polar surface area (TPSA) is 33.7 Å². The van der Waals surface area contributed by atoms with Crippen molar-refractivity contribution in [2.45, 2.75) is 44.9 Å². The molecule has 1 aliphatic heterocycles. The van der Waals surface area contributed by atoms with E-state index < -0.39 is 0 Å². The van der Waals surface area contributed by atoms with Gasteiger partial charge in [0.15, 0.2) is 0 Å². The highest BCUT2D eigenvalue weighted by molar-refractivity contribution is 4.85. The lowest BCUT2D eigenvalue weighted by Crippen LogP contribution is -2.50. The summed E-state index contributed by atoms with van der Waals surface area (Å²) >= 11 is 0. The van der Waals surface area contributed by atoms with Gasteiger partial charge in [-0.15, -0.1) is 0 Å². The third-order valence-corrected chi connectivity index (χ3v) is 3.60. The lowest BCUT2D eigenvalue weighted by Gasteiger charge is -2.34. The molecule has 0 aliphatic carbocycles. The Balaban J connectivity index is 2.43. The fourth-order valence-electron chi connectivity index (χ4n) is 2.48. The van der Waals surface area contributed by atoms with E-state index in [1.807, 2.05) is 0 Å².